The van der Waals surface area contributed by atoms with E-state index in [1.165, 1.54) is 0 Å². The summed E-state index contributed by atoms with van der Waals surface area (Å²) in [7, 11) is 0. The molecule has 21 heavy (non-hydrogen) atoms. The summed E-state index contributed by atoms with van der Waals surface area (Å²) >= 11 is 0. The van der Waals surface area contributed by atoms with Crippen molar-refractivity contribution in [3.8, 4) is 0 Å². The molecule has 3 heterocycles. The maximum absolute atomic E-state index is 12.3. The summed E-state index contributed by atoms with van der Waals surface area (Å²) in [4.78, 5) is 12.3. The molecule has 0 radical (unpaired) electrons. The number of hydrogen-bond acceptors (Lipinski definition) is 4. The van der Waals surface area contributed by atoms with Crippen molar-refractivity contribution in [1.29, 1.82) is 0 Å². The third-order valence-electron chi connectivity index (χ3n) is 3.81. The number of carbonyl (C=O) groups excluding carboxylic acids is 1. The minimum Gasteiger partial charge on any atom is -0.359 e. The molecule has 2 N–H and O–H groups in total. The lowest BCUT2D eigenvalue weighted by molar-refractivity contribution is 0.0934. The molecule has 0 saturated carbocycles. The van der Waals surface area contributed by atoms with Gasteiger partial charge in [-0.05, 0) is 45.0 Å². The van der Waals surface area contributed by atoms with Gasteiger partial charge in [-0.2, -0.15) is 0 Å². The second-order valence-electron chi connectivity index (χ2n) is 5.40. The number of rotatable bonds is 4. The Labute approximate surface area is 123 Å². The quantitative estimate of drug-likeness (QED) is 0.897. The van der Waals surface area contributed by atoms with E-state index in [9.17, 15) is 4.79 Å². The molecule has 3 rings (SSSR count). The first-order valence-electron chi connectivity index (χ1n) is 7.32. The van der Waals surface area contributed by atoms with E-state index in [0.29, 0.717) is 24.0 Å². The minimum absolute atomic E-state index is 0.0763. The zero-order valence-corrected chi connectivity index (χ0v) is 12.1. The lowest BCUT2D eigenvalue weighted by Gasteiger charge is -2.25. The van der Waals surface area contributed by atoms with Gasteiger partial charge in [0.15, 0.2) is 5.76 Å². The topological polar surface area (TPSA) is 72.1 Å². The van der Waals surface area contributed by atoms with Crippen LogP contribution in [0.1, 0.15) is 40.8 Å². The fourth-order valence-electron chi connectivity index (χ4n) is 2.75. The molecule has 1 amide bonds. The molecule has 0 atom stereocenters. The first kappa shape index (κ1) is 13.9. The molecule has 0 bridgehead atoms. The van der Waals surface area contributed by atoms with E-state index in [-0.39, 0.29) is 5.91 Å². The monoisotopic (exact) mass is 288 g/mol. The molecule has 1 fully saturated rings. The summed E-state index contributed by atoms with van der Waals surface area (Å²) in [6.45, 7) is 4.22. The zero-order chi connectivity index (χ0) is 14.7. The van der Waals surface area contributed by atoms with E-state index in [0.717, 1.165) is 31.6 Å². The van der Waals surface area contributed by atoms with Crippen molar-refractivity contribution < 1.29 is 9.32 Å². The van der Waals surface area contributed by atoms with E-state index >= 15 is 0 Å². The highest BCUT2D eigenvalue weighted by Crippen LogP contribution is 2.21. The maximum Gasteiger partial charge on any atom is 0.268 e. The lowest BCUT2D eigenvalue weighted by atomic mass is 10.1. The highest BCUT2D eigenvalue weighted by molar-refractivity contribution is 5.92. The average molecular weight is 288 g/mol. The summed E-state index contributed by atoms with van der Waals surface area (Å²) in [5.74, 6) is 0.591. The van der Waals surface area contributed by atoms with Crippen molar-refractivity contribution in [2.45, 2.75) is 32.4 Å². The minimum atomic E-state index is -0.0763. The first-order valence-corrected chi connectivity index (χ1v) is 7.32. The number of carbonyl (C=O) groups is 1. The van der Waals surface area contributed by atoms with Crippen LogP contribution in [0, 0.1) is 6.92 Å². The van der Waals surface area contributed by atoms with Gasteiger partial charge in [-0.1, -0.05) is 5.16 Å². The van der Waals surface area contributed by atoms with Crippen LogP contribution in [0.2, 0.25) is 0 Å². The highest BCUT2D eigenvalue weighted by atomic mass is 16.5. The van der Waals surface area contributed by atoms with Gasteiger partial charge in [-0.3, -0.25) is 4.79 Å². The van der Waals surface area contributed by atoms with E-state index in [1.807, 2.05) is 31.3 Å². The number of nitrogens with zero attached hydrogens (tertiary/aromatic N) is 2. The smallest absolute Gasteiger partial charge is 0.268 e. The number of aromatic nitrogens is 2. The number of piperidine rings is 1. The van der Waals surface area contributed by atoms with Crippen LogP contribution in [0.15, 0.2) is 28.9 Å². The molecule has 1 saturated heterocycles. The van der Waals surface area contributed by atoms with Gasteiger partial charge in [-0.15, -0.1) is 0 Å². The Balaban J connectivity index is 1.65. The van der Waals surface area contributed by atoms with Gasteiger partial charge in [0.1, 0.15) is 5.69 Å². The number of amides is 1. The van der Waals surface area contributed by atoms with Crippen LogP contribution in [0.4, 0.5) is 0 Å². The predicted molar refractivity (Wildman–Crippen MR) is 78.0 cm³/mol. The summed E-state index contributed by atoms with van der Waals surface area (Å²) in [6, 6.07) is 6.01. The summed E-state index contributed by atoms with van der Waals surface area (Å²) < 4.78 is 7.18. The zero-order valence-electron chi connectivity index (χ0n) is 12.1. The van der Waals surface area contributed by atoms with Crippen molar-refractivity contribution in [3.05, 3.63) is 41.5 Å². The Hall–Kier alpha value is -2.08. The van der Waals surface area contributed by atoms with E-state index in [4.69, 9.17) is 4.52 Å². The molecular weight excluding hydrogens is 268 g/mol. The fraction of sp³-hybridized carbons (Fsp3) is 0.467. The third-order valence-corrected chi connectivity index (χ3v) is 3.81. The summed E-state index contributed by atoms with van der Waals surface area (Å²) in [5, 5.41) is 10.0. The van der Waals surface area contributed by atoms with E-state index in [1.54, 1.807) is 0 Å². The molecule has 1 aliphatic rings. The summed E-state index contributed by atoms with van der Waals surface area (Å²) in [5.41, 5.74) is 1.52. The molecule has 1 aliphatic heterocycles. The Morgan fingerprint density at radius 3 is 3.05 bits per heavy atom. The van der Waals surface area contributed by atoms with Gasteiger partial charge in [0.2, 0.25) is 0 Å². The first-order chi connectivity index (χ1) is 10.2. The second-order valence-corrected chi connectivity index (χ2v) is 5.40. The van der Waals surface area contributed by atoms with Gasteiger partial charge in [0, 0.05) is 18.3 Å². The molecule has 0 spiro atoms. The van der Waals surface area contributed by atoms with Crippen molar-refractivity contribution in [2.75, 3.05) is 13.1 Å². The maximum atomic E-state index is 12.3. The van der Waals surface area contributed by atoms with Gasteiger partial charge in [-0.25, -0.2) is 0 Å². The van der Waals surface area contributed by atoms with Crippen LogP contribution in [0.25, 0.3) is 0 Å². The number of nitrogens with one attached hydrogen (secondary N) is 2. The fourth-order valence-corrected chi connectivity index (χ4v) is 2.75. The summed E-state index contributed by atoms with van der Waals surface area (Å²) in [6.07, 6.45) is 4.09. The van der Waals surface area contributed by atoms with Gasteiger partial charge >= 0.3 is 0 Å². The standard InChI is InChI=1S/C15H20N4O2/c1-11-9-13(21-18-11)10-17-15(20)14-3-2-8-19(14)12-4-6-16-7-5-12/h2-3,8-9,12,16H,4-7,10H2,1H3,(H,17,20). The Morgan fingerprint density at radius 2 is 2.33 bits per heavy atom. The molecular formula is C15H20N4O2. The van der Waals surface area contributed by atoms with Crippen LogP contribution in [-0.4, -0.2) is 28.7 Å². The van der Waals surface area contributed by atoms with Crippen LogP contribution in [0.5, 0.6) is 0 Å². The Kier molecular flexibility index (Phi) is 4.06. The van der Waals surface area contributed by atoms with Gasteiger partial charge in [0.05, 0.1) is 12.2 Å². The van der Waals surface area contributed by atoms with Crippen molar-refractivity contribution in [1.82, 2.24) is 20.4 Å². The Bertz CT molecular complexity index is 611. The molecule has 0 unspecified atom stereocenters. The van der Waals surface area contributed by atoms with Crippen LogP contribution in [0.3, 0.4) is 0 Å². The number of hydrogen-bond donors (Lipinski definition) is 2. The van der Waals surface area contributed by atoms with Crippen LogP contribution < -0.4 is 10.6 Å². The average Bonchev–Trinajstić information content (AvgIpc) is 3.14. The molecule has 0 aromatic carbocycles. The van der Waals surface area contributed by atoms with Crippen LogP contribution in [-0.2, 0) is 6.54 Å². The van der Waals surface area contributed by atoms with Crippen LogP contribution >= 0.6 is 0 Å². The molecule has 6 heteroatoms. The van der Waals surface area contributed by atoms with Crippen molar-refractivity contribution >= 4 is 5.91 Å². The molecule has 2 aromatic rings. The highest BCUT2D eigenvalue weighted by Gasteiger charge is 2.19. The second kappa shape index (κ2) is 6.13. The van der Waals surface area contributed by atoms with Gasteiger partial charge in [0.25, 0.3) is 5.91 Å². The number of aryl methyl sites for hydroxylation is 1. The Morgan fingerprint density at radius 1 is 1.52 bits per heavy atom. The normalized spacial score (nSPS) is 16.0. The van der Waals surface area contributed by atoms with Crippen molar-refractivity contribution in [3.63, 3.8) is 0 Å². The molecule has 0 aliphatic carbocycles. The predicted octanol–water partition coefficient (Wildman–Crippen LogP) is 1.64. The van der Waals surface area contributed by atoms with E-state index in [2.05, 4.69) is 20.4 Å². The lowest BCUT2D eigenvalue weighted by Crippen LogP contribution is -2.32. The van der Waals surface area contributed by atoms with Crippen molar-refractivity contribution in [2.24, 2.45) is 0 Å². The third kappa shape index (κ3) is 3.16. The van der Waals surface area contributed by atoms with Gasteiger partial charge < -0.3 is 19.7 Å². The molecule has 2 aromatic heterocycles. The van der Waals surface area contributed by atoms with E-state index < -0.39 is 0 Å². The SMILES string of the molecule is Cc1cc(CNC(=O)c2cccn2C2CCNCC2)on1. The molecule has 6 nitrogen and oxygen atoms in total. The largest absolute Gasteiger partial charge is 0.359 e. The molecule has 112 valence electrons.